The van der Waals surface area contributed by atoms with Crippen molar-refractivity contribution < 1.29 is 13.2 Å². The lowest BCUT2D eigenvalue weighted by Gasteiger charge is -2.12. The van der Waals surface area contributed by atoms with Crippen LogP contribution in [0.15, 0.2) is 12.1 Å². The molecule has 0 bridgehead atoms. The number of rotatable bonds is 2. The van der Waals surface area contributed by atoms with E-state index < -0.39 is 17.3 Å². The normalized spacial score (nSPS) is 10.6. The van der Waals surface area contributed by atoms with E-state index in [9.17, 15) is 13.2 Å². The molecule has 0 aliphatic carbocycles. The van der Waals surface area contributed by atoms with E-state index in [1.54, 1.807) is 12.1 Å². The van der Waals surface area contributed by atoms with Gasteiger partial charge in [0.05, 0.1) is 24.1 Å². The Morgan fingerprint density at radius 1 is 1.31 bits per heavy atom. The SMILES string of the molecule is CC(F)(F)c1cc(F)c(CC#N)c(C#N)c1. The van der Waals surface area contributed by atoms with Crippen LogP contribution in [0.25, 0.3) is 0 Å². The minimum atomic E-state index is -3.21. The van der Waals surface area contributed by atoms with Crippen LogP contribution in [0.1, 0.15) is 23.6 Å². The van der Waals surface area contributed by atoms with Crippen LogP contribution in [0.2, 0.25) is 0 Å². The molecule has 0 saturated carbocycles. The summed E-state index contributed by atoms with van der Waals surface area (Å²) in [5.41, 5.74) is -0.931. The van der Waals surface area contributed by atoms with Crippen LogP contribution in [0.3, 0.4) is 0 Å². The molecule has 1 aromatic carbocycles. The summed E-state index contributed by atoms with van der Waals surface area (Å²) >= 11 is 0. The molecule has 0 unspecified atom stereocenters. The van der Waals surface area contributed by atoms with Gasteiger partial charge in [0, 0.05) is 18.1 Å². The quantitative estimate of drug-likeness (QED) is 0.775. The van der Waals surface area contributed by atoms with Crippen molar-refractivity contribution in [3.8, 4) is 12.1 Å². The molecule has 0 heterocycles. The number of nitrogens with zero attached hydrogens (tertiary/aromatic N) is 2. The van der Waals surface area contributed by atoms with Gasteiger partial charge in [-0.25, -0.2) is 13.2 Å². The minimum absolute atomic E-state index is 0.141. The first kappa shape index (κ1) is 12.1. The standard InChI is InChI=1S/C11H7F3N2/c1-11(13,14)8-4-7(6-16)9(2-3-15)10(12)5-8/h4-5H,2H2,1H3. The van der Waals surface area contributed by atoms with Crippen molar-refractivity contribution in [2.24, 2.45) is 0 Å². The molecule has 0 fully saturated rings. The Hall–Kier alpha value is -2.01. The van der Waals surface area contributed by atoms with E-state index in [1.807, 2.05) is 0 Å². The van der Waals surface area contributed by atoms with Crippen LogP contribution < -0.4 is 0 Å². The van der Waals surface area contributed by atoms with Gasteiger partial charge in [0.15, 0.2) is 0 Å². The second-order valence-corrected chi connectivity index (χ2v) is 3.32. The molecule has 1 aromatic rings. The summed E-state index contributed by atoms with van der Waals surface area (Å²) in [6, 6.07) is 4.86. The third-order valence-corrected chi connectivity index (χ3v) is 2.08. The third kappa shape index (κ3) is 2.32. The maximum atomic E-state index is 13.4. The van der Waals surface area contributed by atoms with Gasteiger partial charge >= 0.3 is 0 Å². The molecule has 0 radical (unpaired) electrons. The minimum Gasteiger partial charge on any atom is -0.207 e. The molecular formula is C11H7F3N2. The molecule has 0 atom stereocenters. The molecule has 0 aromatic heterocycles. The number of hydrogen-bond donors (Lipinski definition) is 0. The maximum Gasteiger partial charge on any atom is 0.270 e. The van der Waals surface area contributed by atoms with Gasteiger partial charge in [-0.05, 0) is 12.1 Å². The highest BCUT2D eigenvalue weighted by Gasteiger charge is 2.26. The lowest BCUT2D eigenvalue weighted by atomic mass is 9.99. The highest BCUT2D eigenvalue weighted by molar-refractivity contribution is 5.44. The summed E-state index contributed by atoms with van der Waals surface area (Å²) in [5, 5.41) is 17.1. The Labute approximate surface area is 90.5 Å². The number of halogens is 3. The summed E-state index contributed by atoms with van der Waals surface area (Å²) in [7, 11) is 0. The molecule has 5 heteroatoms. The Balaban J connectivity index is 3.41. The van der Waals surface area contributed by atoms with E-state index >= 15 is 0 Å². The van der Waals surface area contributed by atoms with E-state index in [0.29, 0.717) is 13.0 Å². The summed E-state index contributed by atoms with van der Waals surface area (Å²) in [5.74, 6) is -4.16. The monoisotopic (exact) mass is 224 g/mol. The fraction of sp³-hybridized carbons (Fsp3) is 0.273. The molecule has 16 heavy (non-hydrogen) atoms. The maximum absolute atomic E-state index is 13.4. The van der Waals surface area contributed by atoms with Crippen LogP contribution in [0, 0.1) is 28.5 Å². The van der Waals surface area contributed by atoms with Gasteiger partial charge in [-0.3, -0.25) is 0 Å². The first-order chi connectivity index (χ1) is 7.40. The van der Waals surface area contributed by atoms with Gasteiger partial charge in [-0.1, -0.05) is 0 Å². The van der Waals surface area contributed by atoms with E-state index in [4.69, 9.17) is 10.5 Å². The van der Waals surface area contributed by atoms with Gasteiger partial charge in [-0.2, -0.15) is 10.5 Å². The Kier molecular flexibility index (Phi) is 3.20. The van der Waals surface area contributed by atoms with Gasteiger partial charge < -0.3 is 0 Å². The summed E-state index contributed by atoms with van der Waals surface area (Å²) in [6.07, 6.45) is -0.315. The third-order valence-electron chi connectivity index (χ3n) is 2.08. The smallest absolute Gasteiger partial charge is 0.207 e. The molecule has 0 amide bonds. The lowest BCUT2D eigenvalue weighted by molar-refractivity contribution is 0.0171. The Bertz CT molecular complexity index is 490. The average Bonchev–Trinajstić information content (AvgIpc) is 2.19. The number of benzene rings is 1. The van der Waals surface area contributed by atoms with Crippen LogP contribution >= 0.6 is 0 Å². The zero-order valence-corrected chi connectivity index (χ0v) is 8.39. The topological polar surface area (TPSA) is 47.6 Å². The lowest BCUT2D eigenvalue weighted by Crippen LogP contribution is -2.09. The molecule has 0 aliphatic rings. The van der Waals surface area contributed by atoms with Crippen molar-refractivity contribution in [2.75, 3.05) is 0 Å². The van der Waals surface area contributed by atoms with Crippen molar-refractivity contribution in [3.05, 3.63) is 34.6 Å². The predicted molar refractivity (Wildman–Crippen MR) is 50.0 cm³/mol. The number of alkyl halides is 2. The van der Waals surface area contributed by atoms with Crippen LogP contribution in [0.4, 0.5) is 13.2 Å². The van der Waals surface area contributed by atoms with Crippen LogP contribution in [0.5, 0.6) is 0 Å². The van der Waals surface area contributed by atoms with Gasteiger partial charge in [-0.15, -0.1) is 0 Å². The molecule has 1 rings (SSSR count). The zero-order chi connectivity index (χ0) is 12.3. The van der Waals surface area contributed by atoms with Crippen LogP contribution in [-0.4, -0.2) is 0 Å². The number of hydrogen-bond acceptors (Lipinski definition) is 2. The summed E-state index contributed by atoms with van der Waals surface area (Å²) in [4.78, 5) is 0. The predicted octanol–water partition coefficient (Wildman–Crippen LogP) is 2.88. The highest BCUT2D eigenvalue weighted by Crippen LogP contribution is 2.29. The molecule has 0 saturated heterocycles. The fourth-order valence-electron chi connectivity index (χ4n) is 1.25. The molecule has 82 valence electrons. The van der Waals surface area contributed by atoms with Crippen molar-refractivity contribution >= 4 is 0 Å². The Morgan fingerprint density at radius 2 is 1.94 bits per heavy atom. The first-order valence-corrected chi connectivity index (χ1v) is 4.38. The van der Waals surface area contributed by atoms with E-state index in [1.165, 1.54) is 0 Å². The first-order valence-electron chi connectivity index (χ1n) is 4.38. The van der Waals surface area contributed by atoms with Crippen molar-refractivity contribution in [2.45, 2.75) is 19.3 Å². The zero-order valence-electron chi connectivity index (χ0n) is 8.39. The van der Waals surface area contributed by atoms with Gasteiger partial charge in [0.1, 0.15) is 5.82 Å². The second kappa shape index (κ2) is 4.24. The Morgan fingerprint density at radius 3 is 2.38 bits per heavy atom. The van der Waals surface area contributed by atoms with Gasteiger partial charge in [0.25, 0.3) is 5.92 Å². The molecule has 0 N–H and O–H groups in total. The summed E-state index contributed by atoms with van der Waals surface area (Å²) in [6.45, 7) is 0.618. The summed E-state index contributed by atoms with van der Waals surface area (Å²) < 4.78 is 39.2. The number of nitriles is 2. The van der Waals surface area contributed by atoms with Crippen LogP contribution in [-0.2, 0) is 12.3 Å². The largest absolute Gasteiger partial charge is 0.270 e. The van der Waals surface area contributed by atoms with Crippen molar-refractivity contribution in [1.29, 1.82) is 10.5 Å². The van der Waals surface area contributed by atoms with Gasteiger partial charge in [0.2, 0.25) is 0 Å². The molecule has 2 nitrogen and oxygen atoms in total. The fourth-order valence-corrected chi connectivity index (χ4v) is 1.25. The highest BCUT2D eigenvalue weighted by atomic mass is 19.3. The van der Waals surface area contributed by atoms with E-state index in [2.05, 4.69) is 0 Å². The molecule has 0 spiro atoms. The average molecular weight is 224 g/mol. The van der Waals surface area contributed by atoms with E-state index in [-0.39, 0.29) is 17.5 Å². The molecular weight excluding hydrogens is 217 g/mol. The van der Waals surface area contributed by atoms with Crippen molar-refractivity contribution in [1.82, 2.24) is 0 Å². The van der Waals surface area contributed by atoms with E-state index in [0.717, 1.165) is 6.07 Å². The second-order valence-electron chi connectivity index (χ2n) is 3.32. The molecule has 0 aliphatic heterocycles. The van der Waals surface area contributed by atoms with Crippen molar-refractivity contribution in [3.63, 3.8) is 0 Å².